The first-order chi connectivity index (χ1) is 13.2. The Morgan fingerprint density at radius 3 is 2.52 bits per heavy atom. The topological polar surface area (TPSA) is 29.4 Å². The van der Waals surface area contributed by atoms with Crippen LogP contribution in [0.2, 0.25) is 0 Å². The Balaban J connectivity index is 1.65. The van der Waals surface area contributed by atoms with Crippen LogP contribution in [-0.2, 0) is 6.54 Å². The van der Waals surface area contributed by atoms with Gasteiger partial charge in [0.05, 0.1) is 13.2 Å². The van der Waals surface area contributed by atoms with Gasteiger partial charge < -0.3 is 19.5 Å². The lowest BCUT2D eigenvalue weighted by Crippen LogP contribution is -2.44. The summed E-state index contributed by atoms with van der Waals surface area (Å²) in [5, 5.41) is 3.86. The van der Waals surface area contributed by atoms with Crippen LogP contribution in [0.4, 0.5) is 10.1 Å². The molecule has 0 fully saturated rings. The Morgan fingerprint density at radius 2 is 1.81 bits per heavy atom. The number of hydrogen-bond donors (Lipinski definition) is 1. The summed E-state index contributed by atoms with van der Waals surface area (Å²) in [5.41, 5.74) is 3.10. The van der Waals surface area contributed by atoms with E-state index in [1.807, 2.05) is 12.1 Å². The fourth-order valence-corrected chi connectivity index (χ4v) is 3.78. The summed E-state index contributed by atoms with van der Waals surface area (Å²) in [6, 6.07) is 18.5. The van der Waals surface area contributed by atoms with Gasteiger partial charge in [-0.15, -0.1) is 0 Å². The number of halogens is 1. The first kappa shape index (κ1) is 17.5. The van der Waals surface area contributed by atoms with Crippen LogP contribution in [0.1, 0.15) is 17.3 Å². The maximum absolute atomic E-state index is 13.2. The van der Waals surface area contributed by atoms with Gasteiger partial charge in [-0.2, -0.15) is 0 Å². The van der Waals surface area contributed by atoms with Gasteiger partial charge in [0, 0.05) is 30.7 Å². The Bertz CT molecular complexity index is 937. The molecule has 0 saturated heterocycles. The van der Waals surface area contributed by atoms with Crippen molar-refractivity contribution in [2.24, 2.45) is 0 Å². The van der Waals surface area contributed by atoms with E-state index in [1.165, 1.54) is 17.8 Å². The van der Waals surface area contributed by atoms with Crippen molar-refractivity contribution >= 4 is 23.0 Å². The molecule has 1 aliphatic heterocycles. The van der Waals surface area contributed by atoms with Gasteiger partial charge in [0.2, 0.25) is 0 Å². The van der Waals surface area contributed by atoms with E-state index >= 15 is 0 Å². The Kier molecular flexibility index (Phi) is 4.81. The van der Waals surface area contributed by atoms with Gasteiger partial charge in [-0.05, 0) is 66.3 Å². The van der Waals surface area contributed by atoms with Crippen molar-refractivity contribution in [3.63, 3.8) is 0 Å². The van der Waals surface area contributed by atoms with Crippen LogP contribution in [0.25, 0.3) is 0 Å². The number of methoxy groups -OCH3 is 1. The Labute approximate surface area is 163 Å². The number of nitrogens with one attached hydrogen (secondary N) is 1. The van der Waals surface area contributed by atoms with Gasteiger partial charge in [0.15, 0.2) is 5.11 Å². The Morgan fingerprint density at radius 1 is 1.07 bits per heavy atom. The van der Waals surface area contributed by atoms with E-state index in [0.29, 0.717) is 5.11 Å². The molecule has 1 N–H and O–H groups in total. The predicted octanol–water partition coefficient (Wildman–Crippen LogP) is 4.44. The average Bonchev–Trinajstić information content (AvgIpc) is 3.18. The SMILES string of the molecule is COc1ccc([C@@H]2c3cccn3CCN2C(=S)Nc2ccc(F)cc2)cc1. The number of aromatic nitrogens is 1. The van der Waals surface area contributed by atoms with Gasteiger partial charge in [0.1, 0.15) is 11.6 Å². The van der Waals surface area contributed by atoms with Crippen molar-refractivity contribution in [3.8, 4) is 5.75 Å². The summed E-state index contributed by atoms with van der Waals surface area (Å²) < 4.78 is 20.7. The third-order valence-corrected chi connectivity index (χ3v) is 5.16. The molecule has 0 saturated carbocycles. The monoisotopic (exact) mass is 381 g/mol. The second-order valence-corrected chi connectivity index (χ2v) is 6.82. The third-order valence-electron chi connectivity index (χ3n) is 4.83. The molecule has 0 radical (unpaired) electrons. The van der Waals surface area contributed by atoms with E-state index in [-0.39, 0.29) is 11.9 Å². The van der Waals surface area contributed by atoms with E-state index in [1.54, 1.807) is 19.2 Å². The molecule has 2 aromatic carbocycles. The molecular weight excluding hydrogens is 361 g/mol. The van der Waals surface area contributed by atoms with Crippen molar-refractivity contribution in [2.75, 3.05) is 19.0 Å². The minimum Gasteiger partial charge on any atom is -0.497 e. The van der Waals surface area contributed by atoms with Crippen LogP contribution < -0.4 is 10.1 Å². The van der Waals surface area contributed by atoms with Gasteiger partial charge in [0.25, 0.3) is 0 Å². The molecule has 1 aliphatic rings. The standard InChI is InChI=1S/C21H20FN3OS/c1-26-18-10-4-15(5-11-18)20-19-3-2-12-24(19)13-14-25(20)21(27)23-17-8-6-16(22)7-9-17/h2-12,20H,13-14H2,1H3,(H,23,27)/t20-/m1/s1. The Hall–Kier alpha value is -2.86. The first-order valence-electron chi connectivity index (χ1n) is 8.78. The van der Waals surface area contributed by atoms with E-state index in [9.17, 15) is 4.39 Å². The van der Waals surface area contributed by atoms with Crippen LogP contribution in [0, 0.1) is 5.82 Å². The summed E-state index contributed by atoms with van der Waals surface area (Å²) in [7, 11) is 1.66. The van der Waals surface area contributed by atoms with E-state index in [2.05, 4.69) is 45.2 Å². The third kappa shape index (κ3) is 3.53. The number of anilines is 1. The minimum atomic E-state index is -0.265. The number of rotatable bonds is 3. The summed E-state index contributed by atoms with van der Waals surface area (Å²) in [5.74, 6) is 0.557. The van der Waals surface area contributed by atoms with E-state index < -0.39 is 0 Å². The molecule has 138 valence electrons. The summed E-state index contributed by atoms with van der Waals surface area (Å²) in [6.45, 7) is 1.64. The van der Waals surface area contributed by atoms with Crippen LogP contribution >= 0.6 is 12.2 Å². The molecule has 2 heterocycles. The van der Waals surface area contributed by atoms with Crippen molar-refractivity contribution in [2.45, 2.75) is 12.6 Å². The molecule has 4 rings (SSSR count). The number of thiocarbonyl (C=S) groups is 1. The molecule has 0 amide bonds. The second kappa shape index (κ2) is 7.40. The predicted molar refractivity (Wildman–Crippen MR) is 109 cm³/mol. The molecule has 0 spiro atoms. The summed E-state index contributed by atoms with van der Waals surface area (Å²) >= 11 is 5.70. The molecular formula is C21H20FN3OS. The number of ether oxygens (including phenoxy) is 1. The second-order valence-electron chi connectivity index (χ2n) is 6.43. The van der Waals surface area contributed by atoms with Crippen molar-refractivity contribution < 1.29 is 9.13 Å². The lowest BCUT2D eigenvalue weighted by atomic mass is 10.00. The largest absolute Gasteiger partial charge is 0.497 e. The lowest BCUT2D eigenvalue weighted by Gasteiger charge is -2.39. The molecule has 0 bridgehead atoms. The van der Waals surface area contributed by atoms with Crippen molar-refractivity contribution in [1.29, 1.82) is 0 Å². The van der Waals surface area contributed by atoms with Crippen LogP contribution in [0.15, 0.2) is 66.9 Å². The summed E-state index contributed by atoms with van der Waals surface area (Å²) in [4.78, 5) is 2.18. The molecule has 27 heavy (non-hydrogen) atoms. The van der Waals surface area contributed by atoms with Gasteiger partial charge in [-0.3, -0.25) is 0 Å². The lowest BCUT2D eigenvalue weighted by molar-refractivity contribution is 0.293. The van der Waals surface area contributed by atoms with E-state index in [0.717, 1.165) is 30.1 Å². The zero-order valence-electron chi connectivity index (χ0n) is 14.9. The quantitative estimate of drug-likeness (QED) is 0.680. The number of fused-ring (bicyclic) bond motifs is 1. The first-order valence-corrected chi connectivity index (χ1v) is 9.19. The molecule has 0 aliphatic carbocycles. The highest BCUT2D eigenvalue weighted by atomic mass is 32.1. The molecule has 0 unspecified atom stereocenters. The van der Waals surface area contributed by atoms with Crippen LogP contribution in [0.3, 0.4) is 0 Å². The molecule has 4 nitrogen and oxygen atoms in total. The highest BCUT2D eigenvalue weighted by molar-refractivity contribution is 7.80. The zero-order valence-corrected chi connectivity index (χ0v) is 15.7. The summed E-state index contributed by atoms with van der Waals surface area (Å²) in [6.07, 6.45) is 2.10. The number of nitrogens with zero attached hydrogens (tertiary/aromatic N) is 2. The maximum atomic E-state index is 13.2. The smallest absolute Gasteiger partial charge is 0.174 e. The number of benzene rings is 2. The van der Waals surface area contributed by atoms with Gasteiger partial charge in [-0.1, -0.05) is 12.1 Å². The van der Waals surface area contributed by atoms with Crippen LogP contribution in [0.5, 0.6) is 5.75 Å². The highest BCUT2D eigenvalue weighted by Gasteiger charge is 2.30. The highest BCUT2D eigenvalue weighted by Crippen LogP contribution is 2.33. The van der Waals surface area contributed by atoms with Gasteiger partial charge in [-0.25, -0.2) is 4.39 Å². The van der Waals surface area contributed by atoms with Crippen molar-refractivity contribution in [1.82, 2.24) is 9.47 Å². The number of hydrogen-bond acceptors (Lipinski definition) is 2. The van der Waals surface area contributed by atoms with E-state index in [4.69, 9.17) is 17.0 Å². The average molecular weight is 381 g/mol. The normalized spacial score (nSPS) is 15.9. The fourth-order valence-electron chi connectivity index (χ4n) is 3.47. The van der Waals surface area contributed by atoms with Crippen LogP contribution in [-0.4, -0.2) is 28.2 Å². The minimum absolute atomic E-state index is 0.0000967. The zero-order chi connectivity index (χ0) is 18.8. The maximum Gasteiger partial charge on any atom is 0.174 e. The molecule has 1 aromatic heterocycles. The fraction of sp³-hybridized carbons (Fsp3) is 0.190. The molecule has 6 heteroatoms. The van der Waals surface area contributed by atoms with Crippen molar-refractivity contribution in [3.05, 3.63) is 83.9 Å². The molecule has 1 atom stereocenters. The van der Waals surface area contributed by atoms with Gasteiger partial charge >= 0.3 is 0 Å². The molecule has 3 aromatic rings.